The van der Waals surface area contributed by atoms with Crippen LogP contribution in [0.15, 0.2) is 29.6 Å². The highest BCUT2D eigenvalue weighted by Gasteiger charge is 2.17. The normalized spacial score (nSPS) is 15.0. The molecule has 3 rings (SSSR count). The van der Waals surface area contributed by atoms with Crippen LogP contribution < -0.4 is 5.32 Å². The van der Waals surface area contributed by atoms with E-state index in [1.807, 2.05) is 5.38 Å². The molecule has 0 unspecified atom stereocenters. The topological polar surface area (TPSA) is 62.3 Å². The Morgan fingerprint density at radius 2 is 2.04 bits per heavy atom. The maximum atomic E-state index is 13.0. The molecule has 1 aromatic carbocycles. The molecule has 0 spiro atoms. The number of hydrogen-bond donors (Lipinski definition) is 1. The average molecular weight is 375 g/mol. The Kier molecular flexibility index (Phi) is 6.33. The number of carbonyl (C=O) groups is 2. The van der Waals surface area contributed by atoms with Crippen LogP contribution in [0, 0.1) is 5.82 Å². The molecule has 0 saturated carbocycles. The van der Waals surface area contributed by atoms with Gasteiger partial charge in [-0.1, -0.05) is 6.42 Å². The molecule has 1 aliphatic rings. The van der Waals surface area contributed by atoms with E-state index in [4.69, 9.17) is 0 Å². The Morgan fingerprint density at radius 3 is 2.85 bits per heavy atom. The second-order valence-electron chi connectivity index (χ2n) is 6.35. The van der Waals surface area contributed by atoms with Crippen molar-refractivity contribution in [1.82, 2.24) is 15.2 Å². The lowest BCUT2D eigenvalue weighted by Gasteiger charge is -2.19. The third-order valence-electron chi connectivity index (χ3n) is 4.41. The summed E-state index contributed by atoms with van der Waals surface area (Å²) >= 11 is 1.46. The fourth-order valence-electron chi connectivity index (χ4n) is 2.92. The maximum absolute atomic E-state index is 13.0. The van der Waals surface area contributed by atoms with Gasteiger partial charge in [0.05, 0.1) is 12.2 Å². The monoisotopic (exact) mass is 375 g/mol. The quantitative estimate of drug-likeness (QED) is 0.842. The predicted molar refractivity (Wildman–Crippen MR) is 99.0 cm³/mol. The van der Waals surface area contributed by atoms with Crippen LogP contribution in [0.25, 0.3) is 11.3 Å². The van der Waals surface area contributed by atoms with Crippen molar-refractivity contribution in [3.05, 3.63) is 40.5 Å². The van der Waals surface area contributed by atoms with E-state index in [2.05, 4.69) is 10.3 Å². The van der Waals surface area contributed by atoms with Crippen molar-refractivity contribution in [2.45, 2.75) is 38.6 Å². The minimum absolute atomic E-state index is 0.0828. The molecule has 0 bridgehead atoms. The molecule has 1 saturated heterocycles. The Bertz CT molecular complexity index is 760. The van der Waals surface area contributed by atoms with Gasteiger partial charge in [-0.2, -0.15) is 0 Å². The lowest BCUT2D eigenvalue weighted by molar-refractivity contribution is -0.131. The van der Waals surface area contributed by atoms with Crippen LogP contribution in [0.5, 0.6) is 0 Å². The van der Waals surface area contributed by atoms with Gasteiger partial charge in [0, 0.05) is 36.9 Å². The van der Waals surface area contributed by atoms with Crippen LogP contribution in [-0.4, -0.2) is 34.8 Å². The van der Waals surface area contributed by atoms with Crippen molar-refractivity contribution < 1.29 is 14.0 Å². The van der Waals surface area contributed by atoms with Gasteiger partial charge in [-0.05, 0) is 37.1 Å². The number of aromatic nitrogens is 1. The Hall–Kier alpha value is -2.28. The molecule has 1 N–H and O–H groups in total. The maximum Gasteiger partial charge on any atom is 0.222 e. The van der Waals surface area contributed by atoms with Gasteiger partial charge in [-0.15, -0.1) is 11.3 Å². The molecular weight excluding hydrogens is 353 g/mol. The SMILES string of the molecule is O=C(CCN1CCCCCC1=O)NCc1nc(-c2ccc(F)cc2)cs1. The largest absolute Gasteiger partial charge is 0.350 e. The number of thiazole rings is 1. The zero-order valence-corrected chi connectivity index (χ0v) is 15.4. The van der Waals surface area contributed by atoms with Gasteiger partial charge in [0.25, 0.3) is 0 Å². The van der Waals surface area contributed by atoms with Crippen LogP contribution >= 0.6 is 11.3 Å². The zero-order valence-electron chi connectivity index (χ0n) is 14.5. The van der Waals surface area contributed by atoms with E-state index in [0.29, 0.717) is 25.9 Å². The highest BCUT2D eigenvalue weighted by Crippen LogP contribution is 2.22. The third-order valence-corrected chi connectivity index (χ3v) is 5.26. The van der Waals surface area contributed by atoms with E-state index >= 15 is 0 Å². The molecule has 2 amide bonds. The molecule has 26 heavy (non-hydrogen) atoms. The number of nitrogens with one attached hydrogen (secondary N) is 1. The van der Waals surface area contributed by atoms with Crippen molar-refractivity contribution in [3.63, 3.8) is 0 Å². The van der Waals surface area contributed by atoms with Crippen molar-refractivity contribution >= 4 is 23.2 Å². The highest BCUT2D eigenvalue weighted by molar-refractivity contribution is 7.09. The molecule has 1 fully saturated rings. The van der Waals surface area contributed by atoms with E-state index < -0.39 is 0 Å². The molecule has 7 heteroatoms. The van der Waals surface area contributed by atoms with Crippen LogP contribution in [0.3, 0.4) is 0 Å². The van der Waals surface area contributed by atoms with Gasteiger partial charge in [0.1, 0.15) is 10.8 Å². The first-order valence-electron chi connectivity index (χ1n) is 8.86. The lowest BCUT2D eigenvalue weighted by Crippen LogP contribution is -2.34. The molecule has 1 aromatic heterocycles. The second-order valence-corrected chi connectivity index (χ2v) is 7.29. The summed E-state index contributed by atoms with van der Waals surface area (Å²) < 4.78 is 13.0. The fraction of sp³-hybridized carbons (Fsp3) is 0.421. The van der Waals surface area contributed by atoms with E-state index in [0.717, 1.165) is 42.1 Å². The summed E-state index contributed by atoms with van der Waals surface area (Å²) in [6.45, 7) is 1.58. The first-order chi connectivity index (χ1) is 12.6. The number of benzene rings is 1. The van der Waals surface area contributed by atoms with Crippen LogP contribution in [0.1, 0.15) is 37.1 Å². The molecule has 5 nitrogen and oxygen atoms in total. The molecule has 138 valence electrons. The number of nitrogens with zero attached hydrogens (tertiary/aromatic N) is 2. The third kappa shape index (κ3) is 5.11. The standard InChI is InChI=1S/C19H22FN3O2S/c20-15-7-5-14(6-8-15)16-13-26-18(22-16)12-21-17(24)9-11-23-10-3-1-2-4-19(23)25/h5-8,13H,1-4,9-12H2,(H,21,24). The van der Waals surface area contributed by atoms with E-state index in [1.165, 1.54) is 23.5 Å². The van der Waals surface area contributed by atoms with E-state index in [-0.39, 0.29) is 17.6 Å². The van der Waals surface area contributed by atoms with Crippen LogP contribution in [0.2, 0.25) is 0 Å². The summed E-state index contributed by atoms with van der Waals surface area (Å²) in [6, 6.07) is 6.18. The zero-order chi connectivity index (χ0) is 18.4. The molecule has 2 aromatic rings. The Morgan fingerprint density at radius 1 is 1.23 bits per heavy atom. The van der Waals surface area contributed by atoms with Crippen molar-refractivity contribution in [2.24, 2.45) is 0 Å². The van der Waals surface area contributed by atoms with Crippen molar-refractivity contribution in [2.75, 3.05) is 13.1 Å². The number of hydrogen-bond acceptors (Lipinski definition) is 4. The van der Waals surface area contributed by atoms with Gasteiger partial charge in [-0.25, -0.2) is 9.37 Å². The highest BCUT2D eigenvalue weighted by atomic mass is 32.1. The number of halogens is 1. The second kappa shape index (κ2) is 8.89. The van der Waals surface area contributed by atoms with Crippen LogP contribution in [0.4, 0.5) is 4.39 Å². The van der Waals surface area contributed by atoms with Gasteiger partial charge >= 0.3 is 0 Å². The predicted octanol–water partition coefficient (Wildman–Crippen LogP) is 3.36. The summed E-state index contributed by atoms with van der Waals surface area (Å²) in [4.78, 5) is 30.2. The van der Waals surface area contributed by atoms with Gasteiger partial charge < -0.3 is 10.2 Å². The van der Waals surface area contributed by atoms with Gasteiger partial charge in [-0.3, -0.25) is 9.59 Å². The molecule has 2 heterocycles. The number of rotatable bonds is 6. The fourth-order valence-corrected chi connectivity index (χ4v) is 3.66. The lowest BCUT2D eigenvalue weighted by atomic mass is 10.2. The van der Waals surface area contributed by atoms with Crippen molar-refractivity contribution in [1.29, 1.82) is 0 Å². The smallest absolute Gasteiger partial charge is 0.222 e. The summed E-state index contributed by atoms with van der Waals surface area (Å²) in [5.74, 6) is -0.209. The minimum atomic E-state index is -0.278. The average Bonchev–Trinajstić information content (AvgIpc) is 3.02. The molecule has 0 radical (unpaired) electrons. The van der Waals surface area contributed by atoms with Crippen LogP contribution in [-0.2, 0) is 16.1 Å². The van der Waals surface area contributed by atoms with Gasteiger partial charge in [0.2, 0.25) is 11.8 Å². The van der Waals surface area contributed by atoms with Crippen molar-refractivity contribution in [3.8, 4) is 11.3 Å². The van der Waals surface area contributed by atoms with E-state index in [1.54, 1.807) is 17.0 Å². The first-order valence-corrected chi connectivity index (χ1v) is 9.74. The van der Waals surface area contributed by atoms with E-state index in [9.17, 15) is 14.0 Å². The molecule has 0 aliphatic carbocycles. The number of amides is 2. The van der Waals surface area contributed by atoms with Gasteiger partial charge in [0.15, 0.2) is 0 Å². The summed E-state index contributed by atoms with van der Waals surface area (Å²) in [7, 11) is 0. The number of likely N-dealkylation sites (tertiary alicyclic amines) is 1. The Labute approximate surface area is 156 Å². The first kappa shape index (κ1) is 18.5. The molecule has 1 aliphatic heterocycles. The number of carbonyl (C=O) groups excluding carboxylic acids is 2. The summed E-state index contributed by atoms with van der Waals surface area (Å²) in [5.41, 5.74) is 1.62. The summed E-state index contributed by atoms with van der Waals surface area (Å²) in [6.07, 6.45) is 3.93. The minimum Gasteiger partial charge on any atom is -0.350 e. The summed E-state index contributed by atoms with van der Waals surface area (Å²) in [5, 5.41) is 5.54. The molecular formula is C19H22FN3O2S. The molecule has 0 atom stereocenters. The Balaban J connectivity index is 1.46.